The van der Waals surface area contributed by atoms with Gasteiger partial charge < -0.3 is 0 Å². The molecule has 146 valence electrons. The zero-order valence-electron chi connectivity index (χ0n) is 16.9. The van der Waals surface area contributed by atoms with Crippen molar-refractivity contribution < 1.29 is 4.79 Å². The van der Waals surface area contributed by atoms with E-state index in [1.807, 2.05) is 18.2 Å². The molecule has 1 N–H and O–H groups in total. The minimum atomic E-state index is 0.0679. The molecule has 1 aromatic rings. The van der Waals surface area contributed by atoms with E-state index in [1.54, 1.807) is 0 Å². The Bertz CT molecular complexity index is 502. The molecular formula is C23H38N2O. The Morgan fingerprint density at radius 1 is 0.846 bits per heavy atom. The highest BCUT2D eigenvalue weighted by atomic mass is 16.2. The number of unbranched alkanes of at least 4 members (excludes halogenated alkanes) is 10. The summed E-state index contributed by atoms with van der Waals surface area (Å²) >= 11 is 0. The van der Waals surface area contributed by atoms with Crippen LogP contribution in [0.5, 0.6) is 0 Å². The maximum absolute atomic E-state index is 12.1. The van der Waals surface area contributed by atoms with Crippen LogP contribution in [0.25, 0.3) is 0 Å². The van der Waals surface area contributed by atoms with E-state index in [1.165, 1.54) is 70.6 Å². The third-order valence-corrected chi connectivity index (χ3v) is 5.69. The molecule has 3 nitrogen and oxygen atoms in total. The summed E-state index contributed by atoms with van der Waals surface area (Å²) in [5.41, 5.74) is 4.15. The highest BCUT2D eigenvalue weighted by Crippen LogP contribution is 2.28. The highest BCUT2D eigenvalue weighted by molar-refractivity contribution is 5.84. The second-order valence-corrected chi connectivity index (χ2v) is 7.86. The summed E-state index contributed by atoms with van der Waals surface area (Å²) in [4.78, 5) is 12.1. The van der Waals surface area contributed by atoms with Crippen LogP contribution in [0.1, 0.15) is 90.9 Å². The first kappa shape index (κ1) is 20.8. The van der Waals surface area contributed by atoms with Crippen LogP contribution in [0.15, 0.2) is 30.3 Å². The molecule has 0 aromatic heterocycles. The zero-order valence-corrected chi connectivity index (χ0v) is 16.9. The van der Waals surface area contributed by atoms with Gasteiger partial charge in [0.2, 0.25) is 5.91 Å². The second kappa shape index (κ2) is 12.0. The number of hydrogen-bond donors (Lipinski definition) is 1. The first-order valence-electron chi connectivity index (χ1n) is 10.9. The molecule has 1 saturated heterocycles. The molecule has 1 fully saturated rings. The minimum Gasteiger partial charge on any atom is -0.282 e. The number of rotatable bonds is 13. The molecule has 0 bridgehead atoms. The largest absolute Gasteiger partial charge is 0.282 e. The smallest absolute Gasteiger partial charge is 0.243 e. The predicted molar refractivity (Wildman–Crippen MR) is 111 cm³/mol. The summed E-state index contributed by atoms with van der Waals surface area (Å²) in [7, 11) is 0. The fourth-order valence-electron chi connectivity index (χ4n) is 3.94. The first-order valence-corrected chi connectivity index (χ1v) is 10.9. The quantitative estimate of drug-likeness (QED) is 0.423. The van der Waals surface area contributed by atoms with Crippen molar-refractivity contribution in [2.45, 2.75) is 96.9 Å². The van der Waals surface area contributed by atoms with Gasteiger partial charge in [0, 0.05) is 0 Å². The molecule has 2 unspecified atom stereocenters. The molecule has 26 heavy (non-hydrogen) atoms. The fraction of sp³-hybridized carbons (Fsp3) is 0.696. The van der Waals surface area contributed by atoms with Crippen LogP contribution < -0.4 is 10.4 Å². The molecule has 0 spiro atoms. The lowest BCUT2D eigenvalue weighted by molar-refractivity contribution is -0.122. The molecule has 3 heteroatoms. The Labute approximate surface area is 160 Å². The van der Waals surface area contributed by atoms with Gasteiger partial charge in [-0.05, 0) is 18.6 Å². The molecule has 1 aromatic carbocycles. The molecular weight excluding hydrogens is 320 g/mol. The van der Waals surface area contributed by atoms with Crippen LogP contribution in [-0.2, 0) is 4.79 Å². The summed E-state index contributed by atoms with van der Waals surface area (Å²) in [5.74, 6) is 0.222. The van der Waals surface area contributed by atoms with E-state index >= 15 is 0 Å². The van der Waals surface area contributed by atoms with Crippen molar-refractivity contribution in [2.24, 2.45) is 5.92 Å². The zero-order chi connectivity index (χ0) is 18.6. The molecule has 0 radical (unpaired) electrons. The number of anilines is 1. The van der Waals surface area contributed by atoms with Gasteiger partial charge in [0.25, 0.3) is 0 Å². The Morgan fingerprint density at radius 2 is 1.38 bits per heavy atom. The van der Waals surface area contributed by atoms with Crippen molar-refractivity contribution in [2.75, 3.05) is 5.01 Å². The summed E-state index contributed by atoms with van der Waals surface area (Å²) in [6.45, 7) is 4.33. The number of para-hydroxylation sites is 1. The van der Waals surface area contributed by atoms with Crippen LogP contribution in [0.3, 0.4) is 0 Å². The summed E-state index contributed by atoms with van der Waals surface area (Å²) in [5, 5.41) is 2.09. The van der Waals surface area contributed by atoms with Gasteiger partial charge >= 0.3 is 0 Å². The topological polar surface area (TPSA) is 32.3 Å². The molecule has 0 saturated carbocycles. The van der Waals surface area contributed by atoms with E-state index in [4.69, 9.17) is 0 Å². The lowest BCUT2D eigenvalue weighted by atomic mass is 9.96. The number of amides is 1. The van der Waals surface area contributed by atoms with E-state index in [0.717, 1.165) is 12.1 Å². The molecule has 1 amide bonds. The molecule has 2 rings (SSSR count). The molecule has 1 aliphatic heterocycles. The Morgan fingerprint density at radius 3 is 1.96 bits per heavy atom. The maximum Gasteiger partial charge on any atom is 0.243 e. The number of nitrogens with one attached hydrogen (secondary N) is 1. The van der Waals surface area contributed by atoms with Crippen molar-refractivity contribution in [1.82, 2.24) is 5.43 Å². The average molecular weight is 359 g/mol. The van der Waals surface area contributed by atoms with Crippen LogP contribution in [0.2, 0.25) is 0 Å². The van der Waals surface area contributed by atoms with Crippen LogP contribution >= 0.6 is 0 Å². The predicted octanol–water partition coefficient (Wildman–Crippen LogP) is 6.24. The third-order valence-electron chi connectivity index (χ3n) is 5.69. The molecule has 1 heterocycles. The van der Waals surface area contributed by atoms with Crippen molar-refractivity contribution in [3.8, 4) is 0 Å². The number of carbonyl (C=O) groups is 1. The van der Waals surface area contributed by atoms with Crippen molar-refractivity contribution >= 4 is 11.6 Å². The third kappa shape index (κ3) is 6.66. The SMILES string of the molecule is CCCCCCCCCCCCCC1C(C)C(=O)NN1c1ccccc1. The Balaban J connectivity index is 1.60. The first-order chi connectivity index (χ1) is 12.7. The second-order valence-electron chi connectivity index (χ2n) is 7.86. The molecule has 2 atom stereocenters. The van der Waals surface area contributed by atoms with Crippen LogP contribution in [-0.4, -0.2) is 11.9 Å². The van der Waals surface area contributed by atoms with Gasteiger partial charge in [-0.15, -0.1) is 0 Å². The standard InChI is InChI=1S/C23H38N2O/c1-3-4-5-6-7-8-9-10-11-12-16-19-22-20(2)23(26)24-25(22)21-17-14-13-15-18-21/h13-15,17-18,20,22H,3-12,16,19H2,1-2H3,(H,24,26). The lowest BCUT2D eigenvalue weighted by Gasteiger charge is -2.27. The van der Waals surface area contributed by atoms with Gasteiger partial charge in [-0.2, -0.15) is 0 Å². The number of benzene rings is 1. The van der Waals surface area contributed by atoms with E-state index in [2.05, 4.69) is 36.4 Å². The Hall–Kier alpha value is -1.51. The van der Waals surface area contributed by atoms with E-state index in [0.29, 0.717) is 0 Å². The number of hydrogen-bond acceptors (Lipinski definition) is 2. The normalized spacial score (nSPS) is 19.8. The molecule has 1 aliphatic rings. The van der Waals surface area contributed by atoms with Gasteiger partial charge in [-0.25, -0.2) is 0 Å². The highest BCUT2D eigenvalue weighted by Gasteiger charge is 2.37. The van der Waals surface area contributed by atoms with Gasteiger partial charge in [0.05, 0.1) is 17.6 Å². The number of hydrazine groups is 1. The van der Waals surface area contributed by atoms with E-state index in [-0.39, 0.29) is 17.9 Å². The van der Waals surface area contributed by atoms with E-state index in [9.17, 15) is 4.79 Å². The van der Waals surface area contributed by atoms with Crippen LogP contribution in [0, 0.1) is 5.92 Å². The fourth-order valence-corrected chi connectivity index (χ4v) is 3.94. The summed E-state index contributed by atoms with van der Waals surface area (Å²) < 4.78 is 0. The number of nitrogens with zero attached hydrogens (tertiary/aromatic N) is 1. The summed E-state index contributed by atoms with van der Waals surface area (Å²) in [6, 6.07) is 10.5. The average Bonchev–Trinajstić information content (AvgIpc) is 2.95. The van der Waals surface area contributed by atoms with E-state index < -0.39 is 0 Å². The van der Waals surface area contributed by atoms with Gasteiger partial charge in [-0.1, -0.05) is 103 Å². The van der Waals surface area contributed by atoms with Crippen molar-refractivity contribution in [1.29, 1.82) is 0 Å². The Kier molecular flexibility index (Phi) is 9.58. The maximum atomic E-state index is 12.1. The van der Waals surface area contributed by atoms with Gasteiger partial charge in [0.1, 0.15) is 0 Å². The summed E-state index contributed by atoms with van der Waals surface area (Å²) in [6.07, 6.45) is 16.1. The van der Waals surface area contributed by atoms with Gasteiger partial charge in [0.15, 0.2) is 0 Å². The molecule has 0 aliphatic carbocycles. The lowest BCUT2D eigenvalue weighted by Crippen LogP contribution is -2.38. The van der Waals surface area contributed by atoms with Crippen molar-refractivity contribution in [3.63, 3.8) is 0 Å². The van der Waals surface area contributed by atoms with Crippen molar-refractivity contribution in [3.05, 3.63) is 30.3 Å². The monoisotopic (exact) mass is 358 g/mol. The number of carbonyl (C=O) groups excluding carboxylic acids is 1. The van der Waals surface area contributed by atoms with Crippen LogP contribution in [0.4, 0.5) is 5.69 Å². The minimum absolute atomic E-state index is 0.0679. The van der Waals surface area contributed by atoms with Gasteiger partial charge in [-0.3, -0.25) is 15.2 Å².